The van der Waals surface area contributed by atoms with E-state index < -0.39 is 35.6 Å². The summed E-state index contributed by atoms with van der Waals surface area (Å²) in [5.74, 6) is -3.20. The molecule has 4 atom stereocenters. The molecule has 0 aliphatic rings. The van der Waals surface area contributed by atoms with Gasteiger partial charge in [0.1, 0.15) is 6.04 Å². The first kappa shape index (κ1) is 30.3. The van der Waals surface area contributed by atoms with Gasteiger partial charge < -0.3 is 10.6 Å². The van der Waals surface area contributed by atoms with Crippen LogP contribution in [-0.4, -0.2) is 52.9 Å². The van der Waals surface area contributed by atoms with Crippen molar-refractivity contribution < 1.29 is 29.6 Å². The van der Waals surface area contributed by atoms with Crippen molar-refractivity contribution in [3.05, 3.63) is 53.4 Å². The first-order valence-electron chi connectivity index (χ1n) is 11.8. The fraction of sp³-hybridized carbons (Fsp3) is 0.440. The van der Waals surface area contributed by atoms with Crippen LogP contribution in [0.25, 0.3) is 0 Å². The summed E-state index contributed by atoms with van der Waals surface area (Å²) in [6.07, 6.45) is 0.335. The average Bonchev–Trinajstić information content (AvgIpc) is 3.43. The lowest BCUT2D eigenvalue weighted by molar-refractivity contribution is -0.135. The van der Waals surface area contributed by atoms with Crippen LogP contribution in [0, 0.1) is 17.8 Å². The molecule has 0 radical (unpaired) electrons. The number of benzene rings is 1. The van der Waals surface area contributed by atoms with Crippen LogP contribution < -0.4 is 21.6 Å². The zero-order valence-corrected chi connectivity index (χ0v) is 22.4. The third-order valence-corrected chi connectivity index (χ3v) is 8.21. The zero-order valence-electron chi connectivity index (χ0n) is 20.8. The Morgan fingerprint density at radius 3 is 2.22 bits per heavy atom. The molecule has 6 N–H and O–H groups in total. The molecule has 12 heteroatoms. The van der Waals surface area contributed by atoms with E-state index in [1.807, 2.05) is 47.8 Å². The summed E-state index contributed by atoms with van der Waals surface area (Å²) in [6.45, 7) is 1.77. The SMILES string of the molecule is CNC(=O)[C@H](Cc1ccccc1)NC(=O)C(CC(C)CC(=O)NO)C(CSc1cccs1)CC(=O)NO. The maximum Gasteiger partial charge on any atom is 0.243 e. The second-order valence-electron chi connectivity index (χ2n) is 8.79. The molecule has 0 aliphatic heterocycles. The molecular formula is C25H34N4O6S2. The topological polar surface area (TPSA) is 157 Å². The summed E-state index contributed by atoms with van der Waals surface area (Å²) in [5.41, 5.74) is 4.11. The van der Waals surface area contributed by atoms with Crippen LogP contribution in [0.3, 0.4) is 0 Å². The lowest BCUT2D eigenvalue weighted by Crippen LogP contribution is -2.50. The Bertz CT molecular complexity index is 1010. The zero-order chi connectivity index (χ0) is 27.2. The molecule has 0 aliphatic carbocycles. The molecule has 4 amide bonds. The quantitative estimate of drug-likeness (QED) is 0.113. The number of hydrogen-bond acceptors (Lipinski definition) is 8. The van der Waals surface area contributed by atoms with Gasteiger partial charge in [0.2, 0.25) is 23.6 Å². The van der Waals surface area contributed by atoms with E-state index in [0.29, 0.717) is 5.75 Å². The smallest absolute Gasteiger partial charge is 0.243 e. The minimum atomic E-state index is -0.851. The van der Waals surface area contributed by atoms with Crippen molar-refractivity contribution in [1.82, 2.24) is 21.6 Å². The molecular weight excluding hydrogens is 516 g/mol. The van der Waals surface area contributed by atoms with Crippen LogP contribution in [0.1, 0.15) is 31.7 Å². The first-order chi connectivity index (χ1) is 17.8. The average molecular weight is 551 g/mol. The van der Waals surface area contributed by atoms with Crippen LogP contribution in [0.5, 0.6) is 0 Å². The summed E-state index contributed by atoms with van der Waals surface area (Å²) in [5, 5.41) is 25.4. The Hall–Kier alpha value is -2.93. The maximum absolute atomic E-state index is 13.7. The van der Waals surface area contributed by atoms with Gasteiger partial charge in [-0.1, -0.05) is 43.3 Å². The normalized spacial score (nSPS) is 14.1. The number of nitrogens with one attached hydrogen (secondary N) is 4. The fourth-order valence-electron chi connectivity index (χ4n) is 4.04. The molecule has 0 saturated heterocycles. The highest BCUT2D eigenvalue weighted by atomic mass is 32.2. The second-order valence-corrected chi connectivity index (χ2v) is 11.1. The molecule has 10 nitrogen and oxygen atoms in total. The molecule has 0 saturated carbocycles. The highest BCUT2D eigenvalue weighted by Crippen LogP contribution is 2.33. The Morgan fingerprint density at radius 2 is 1.62 bits per heavy atom. The highest BCUT2D eigenvalue weighted by molar-refractivity contribution is 8.01. The van der Waals surface area contributed by atoms with Crippen LogP contribution in [0.2, 0.25) is 0 Å². The molecule has 2 rings (SSSR count). The van der Waals surface area contributed by atoms with Gasteiger partial charge in [-0.3, -0.25) is 29.6 Å². The molecule has 1 aromatic carbocycles. The monoisotopic (exact) mass is 550 g/mol. The van der Waals surface area contributed by atoms with Crippen molar-refractivity contribution in [3.8, 4) is 0 Å². The van der Waals surface area contributed by atoms with E-state index in [1.54, 1.807) is 17.9 Å². The molecule has 202 valence electrons. The molecule has 2 aromatic rings. The summed E-state index contributed by atoms with van der Waals surface area (Å²) < 4.78 is 1.01. The number of likely N-dealkylation sites (N-methyl/N-ethyl adjacent to an activating group) is 1. The lowest BCUT2D eigenvalue weighted by Gasteiger charge is -2.29. The van der Waals surface area contributed by atoms with Gasteiger partial charge in [-0.2, -0.15) is 0 Å². The number of amides is 4. The molecule has 1 aromatic heterocycles. The lowest BCUT2D eigenvalue weighted by atomic mass is 9.82. The minimum Gasteiger partial charge on any atom is -0.357 e. The van der Waals surface area contributed by atoms with Gasteiger partial charge in [-0.15, -0.1) is 23.1 Å². The van der Waals surface area contributed by atoms with Gasteiger partial charge in [0, 0.05) is 38.0 Å². The van der Waals surface area contributed by atoms with Crippen molar-refractivity contribution in [1.29, 1.82) is 0 Å². The Balaban J connectivity index is 2.31. The van der Waals surface area contributed by atoms with Crippen LogP contribution in [0.4, 0.5) is 0 Å². The molecule has 3 unspecified atom stereocenters. The molecule has 0 fully saturated rings. The van der Waals surface area contributed by atoms with Gasteiger partial charge in [0.15, 0.2) is 0 Å². The first-order valence-corrected chi connectivity index (χ1v) is 13.7. The molecule has 37 heavy (non-hydrogen) atoms. The number of hydrogen-bond donors (Lipinski definition) is 6. The van der Waals surface area contributed by atoms with Gasteiger partial charge in [0.25, 0.3) is 0 Å². The van der Waals surface area contributed by atoms with E-state index in [1.165, 1.54) is 30.1 Å². The standard InChI is InChI=1S/C25H34N4O6S2/c1-16(12-21(30)28-34)11-19(18(14-22(31)29-35)15-37-23-9-6-10-36-23)24(32)27-20(25(33)26-2)13-17-7-4-3-5-8-17/h3-10,16,18-20,34-35H,11-15H2,1-2H3,(H,26,33)(H,27,32)(H,28,30)(H,29,31)/t16?,18?,19?,20-/m0/s1. The van der Waals surface area contributed by atoms with Crippen molar-refractivity contribution in [3.63, 3.8) is 0 Å². The largest absolute Gasteiger partial charge is 0.357 e. The number of carbonyl (C=O) groups excluding carboxylic acids is 4. The maximum atomic E-state index is 13.7. The third kappa shape index (κ3) is 10.5. The van der Waals surface area contributed by atoms with Gasteiger partial charge in [0.05, 0.1) is 4.21 Å². The number of thiophene rings is 1. The van der Waals surface area contributed by atoms with Crippen LogP contribution in [-0.2, 0) is 25.6 Å². The number of hydroxylamine groups is 2. The predicted octanol–water partition coefficient (Wildman–Crippen LogP) is 2.36. The molecule has 1 heterocycles. The van der Waals surface area contributed by atoms with Crippen molar-refractivity contribution in [2.75, 3.05) is 12.8 Å². The summed E-state index contributed by atoms with van der Waals surface area (Å²) in [4.78, 5) is 50.3. The van der Waals surface area contributed by atoms with Crippen molar-refractivity contribution in [2.24, 2.45) is 17.8 Å². The number of carbonyl (C=O) groups is 4. The number of thioether (sulfide) groups is 1. The number of rotatable bonds is 15. The van der Waals surface area contributed by atoms with Gasteiger partial charge in [-0.05, 0) is 35.3 Å². The van der Waals surface area contributed by atoms with Gasteiger partial charge in [-0.25, -0.2) is 11.0 Å². The molecule has 0 bridgehead atoms. The Morgan fingerprint density at radius 1 is 0.946 bits per heavy atom. The van der Waals surface area contributed by atoms with Crippen LogP contribution in [0.15, 0.2) is 52.1 Å². The van der Waals surface area contributed by atoms with Crippen molar-refractivity contribution >= 4 is 46.7 Å². The summed E-state index contributed by atoms with van der Waals surface area (Å²) in [6, 6.07) is 12.3. The van der Waals surface area contributed by atoms with E-state index in [0.717, 1.165) is 9.77 Å². The summed E-state index contributed by atoms with van der Waals surface area (Å²) in [7, 11) is 1.49. The minimum absolute atomic E-state index is 0.0276. The fourth-order valence-corrected chi connectivity index (χ4v) is 6.04. The van der Waals surface area contributed by atoms with E-state index in [-0.39, 0.29) is 37.5 Å². The highest BCUT2D eigenvalue weighted by Gasteiger charge is 2.34. The second kappa shape index (κ2) is 16.0. The van der Waals surface area contributed by atoms with Crippen molar-refractivity contribution in [2.45, 2.75) is 42.9 Å². The van der Waals surface area contributed by atoms with Gasteiger partial charge >= 0.3 is 0 Å². The van der Waals surface area contributed by atoms with E-state index in [2.05, 4.69) is 10.6 Å². The molecule has 0 spiro atoms. The Kier molecular flexibility index (Phi) is 13.1. The van der Waals surface area contributed by atoms with E-state index >= 15 is 0 Å². The van der Waals surface area contributed by atoms with E-state index in [9.17, 15) is 19.2 Å². The predicted molar refractivity (Wildman–Crippen MR) is 141 cm³/mol. The van der Waals surface area contributed by atoms with Crippen LogP contribution >= 0.6 is 23.1 Å². The Labute approximate surface area is 224 Å². The van der Waals surface area contributed by atoms with E-state index in [4.69, 9.17) is 10.4 Å². The third-order valence-electron chi connectivity index (χ3n) is 5.89. The summed E-state index contributed by atoms with van der Waals surface area (Å²) >= 11 is 3.02.